The quantitative estimate of drug-likeness (QED) is 0.676. The van der Waals surface area contributed by atoms with Gasteiger partial charge in [-0.1, -0.05) is 12.1 Å². The standard InChI is InChI=1S/C15H16N2O4/c1-21-15-6-7-16-14(15)8-13(18)11(9-15)10-4-2-3-5-12(10)17(19)20/h2-5,9,14,16H,6-8H2,1H3/t14-,15-/m1/s1. The molecule has 0 aromatic heterocycles. The van der Waals surface area contributed by atoms with Gasteiger partial charge >= 0.3 is 0 Å². The molecule has 1 aromatic rings. The van der Waals surface area contributed by atoms with Gasteiger partial charge in [0.05, 0.1) is 10.5 Å². The summed E-state index contributed by atoms with van der Waals surface area (Å²) in [6.45, 7) is 0.770. The van der Waals surface area contributed by atoms with Crippen LogP contribution < -0.4 is 5.32 Å². The van der Waals surface area contributed by atoms with Crippen LogP contribution in [0, 0.1) is 10.1 Å². The number of ketones is 1. The van der Waals surface area contributed by atoms with Gasteiger partial charge in [0.15, 0.2) is 5.78 Å². The number of Topliss-reactive ketones (excluding diaryl/α,β-unsaturated/α-hetero) is 1. The van der Waals surface area contributed by atoms with Crippen molar-refractivity contribution in [1.29, 1.82) is 0 Å². The van der Waals surface area contributed by atoms with Crippen LogP contribution in [0.2, 0.25) is 0 Å². The molecule has 3 rings (SSSR count). The predicted molar refractivity (Wildman–Crippen MR) is 76.8 cm³/mol. The zero-order chi connectivity index (χ0) is 15.0. The van der Waals surface area contributed by atoms with Gasteiger partial charge < -0.3 is 10.1 Å². The third kappa shape index (κ3) is 2.16. The first-order chi connectivity index (χ1) is 10.1. The zero-order valence-electron chi connectivity index (χ0n) is 11.7. The minimum atomic E-state index is -0.549. The molecule has 2 atom stereocenters. The largest absolute Gasteiger partial charge is 0.372 e. The Hall–Kier alpha value is -2.05. The molecule has 21 heavy (non-hydrogen) atoms. The van der Waals surface area contributed by atoms with Gasteiger partial charge in [0.2, 0.25) is 0 Å². The second-order valence-corrected chi connectivity index (χ2v) is 5.38. The molecule has 1 saturated heterocycles. The van der Waals surface area contributed by atoms with Crippen molar-refractivity contribution in [3.05, 3.63) is 46.0 Å². The predicted octanol–water partition coefficient (Wildman–Crippen LogP) is 1.70. The maximum atomic E-state index is 12.4. The molecule has 6 heteroatoms. The molecule has 1 fully saturated rings. The number of hydrogen-bond acceptors (Lipinski definition) is 5. The number of nitro benzene ring substituents is 1. The third-order valence-electron chi connectivity index (χ3n) is 4.35. The Kier molecular flexibility index (Phi) is 3.35. The molecular formula is C15H16N2O4. The Balaban J connectivity index is 2.13. The van der Waals surface area contributed by atoms with Crippen molar-refractivity contribution in [2.24, 2.45) is 0 Å². The molecule has 0 radical (unpaired) electrons. The number of nitrogens with zero attached hydrogens (tertiary/aromatic N) is 1. The minimum Gasteiger partial charge on any atom is -0.372 e. The number of carbonyl (C=O) groups is 1. The summed E-state index contributed by atoms with van der Waals surface area (Å²) in [6.07, 6.45) is 2.82. The second kappa shape index (κ2) is 5.05. The van der Waals surface area contributed by atoms with E-state index in [1.807, 2.05) is 0 Å². The number of fused-ring (bicyclic) bond motifs is 1. The van der Waals surface area contributed by atoms with Crippen LogP contribution in [0.5, 0.6) is 0 Å². The van der Waals surface area contributed by atoms with Crippen LogP contribution in [0.15, 0.2) is 30.3 Å². The molecule has 1 aromatic carbocycles. The van der Waals surface area contributed by atoms with Crippen molar-refractivity contribution < 1.29 is 14.5 Å². The van der Waals surface area contributed by atoms with E-state index < -0.39 is 10.5 Å². The van der Waals surface area contributed by atoms with Gasteiger partial charge in [-0.3, -0.25) is 14.9 Å². The molecule has 0 unspecified atom stereocenters. The van der Waals surface area contributed by atoms with Gasteiger partial charge in [0.25, 0.3) is 5.69 Å². The Labute approximate surface area is 121 Å². The summed E-state index contributed by atoms with van der Waals surface area (Å²) in [7, 11) is 1.61. The summed E-state index contributed by atoms with van der Waals surface area (Å²) in [5.74, 6) is -0.0867. The van der Waals surface area contributed by atoms with E-state index in [2.05, 4.69) is 5.32 Å². The lowest BCUT2D eigenvalue weighted by molar-refractivity contribution is -0.385. The van der Waals surface area contributed by atoms with Gasteiger partial charge in [0, 0.05) is 31.2 Å². The number of para-hydroxylation sites is 1. The van der Waals surface area contributed by atoms with Gasteiger partial charge in [-0.15, -0.1) is 0 Å². The number of nitrogens with one attached hydrogen (secondary N) is 1. The molecule has 1 heterocycles. The summed E-state index contributed by atoms with van der Waals surface area (Å²) in [5, 5.41) is 14.4. The van der Waals surface area contributed by atoms with Gasteiger partial charge in [-0.25, -0.2) is 0 Å². The SMILES string of the molecule is CO[C@]12C=C(c3ccccc3[N+](=O)[O-])C(=O)C[C@H]1NCC2. The molecule has 1 aliphatic heterocycles. The highest BCUT2D eigenvalue weighted by molar-refractivity contribution is 6.23. The van der Waals surface area contributed by atoms with Crippen LogP contribution in [0.4, 0.5) is 5.69 Å². The fraction of sp³-hybridized carbons (Fsp3) is 0.400. The maximum absolute atomic E-state index is 12.4. The van der Waals surface area contributed by atoms with Crippen molar-refractivity contribution >= 4 is 17.0 Å². The fourth-order valence-corrected chi connectivity index (χ4v) is 3.22. The fourth-order valence-electron chi connectivity index (χ4n) is 3.22. The number of hydrogen-bond donors (Lipinski definition) is 1. The first kappa shape index (κ1) is 13.9. The highest BCUT2D eigenvalue weighted by atomic mass is 16.6. The number of carbonyl (C=O) groups excluding carboxylic acids is 1. The summed E-state index contributed by atoms with van der Waals surface area (Å²) in [5.41, 5.74) is 0.165. The van der Waals surface area contributed by atoms with Crippen LogP contribution in [0.3, 0.4) is 0 Å². The zero-order valence-corrected chi connectivity index (χ0v) is 11.7. The molecule has 0 saturated carbocycles. The van der Waals surface area contributed by atoms with Crippen molar-refractivity contribution in [2.45, 2.75) is 24.5 Å². The Morgan fingerprint density at radius 2 is 2.19 bits per heavy atom. The van der Waals surface area contributed by atoms with Crippen LogP contribution >= 0.6 is 0 Å². The van der Waals surface area contributed by atoms with Crippen LogP contribution in [-0.2, 0) is 9.53 Å². The van der Waals surface area contributed by atoms with E-state index in [0.29, 0.717) is 17.6 Å². The van der Waals surface area contributed by atoms with Crippen molar-refractivity contribution in [3.8, 4) is 0 Å². The average Bonchev–Trinajstić information content (AvgIpc) is 2.89. The first-order valence-corrected chi connectivity index (χ1v) is 6.86. The minimum absolute atomic E-state index is 0.0484. The van der Waals surface area contributed by atoms with Crippen molar-refractivity contribution in [1.82, 2.24) is 5.32 Å². The normalized spacial score (nSPS) is 28.1. The summed E-state index contributed by atoms with van der Waals surface area (Å²) >= 11 is 0. The highest BCUT2D eigenvalue weighted by Gasteiger charge is 2.47. The van der Waals surface area contributed by atoms with Crippen LogP contribution in [0.1, 0.15) is 18.4 Å². The molecule has 110 valence electrons. The summed E-state index contributed by atoms with van der Waals surface area (Å²) in [6, 6.07) is 6.29. The molecule has 0 bridgehead atoms. The number of nitro groups is 1. The molecular weight excluding hydrogens is 272 g/mol. The molecule has 1 N–H and O–H groups in total. The molecule has 1 aliphatic carbocycles. The lowest BCUT2D eigenvalue weighted by Crippen LogP contribution is -2.47. The maximum Gasteiger partial charge on any atom is 0.277 e. The topological polar surface area (TPSA) is 81.5 Å². The summed E-state index contributed by atoms with van der Waals surface area (Å²) < 4.78 is 5.64. The van der Waals surface area contributed by atoms with Gasteiger partial charge in [-0.05, 0) is 25.1 Å². The first-order valence-electron chi connectivity index (χ1n) is 6.86. The number of benzene rings is 1. The van der Waals surface area contributed by atoms with Crippen LogP contribution in [0.25, 0.3) is 5.57 Å². The number of ether oxygens (including phenoxy) is 1. The van der Waals surface area contributed by atoms with Gasteiger partial charge in [0.1, 0.15) is 5.60 Å². The third-order valence-corrected chi connectivity index (χ3v) is 4.35. The number of rotatable bonds is 3. The molecule has 6 nitrogen and oxygen atoms in total. The molecule has 2 aliphatic rings. The van der Waals surface area contributed by atoms with E-state index in [0.717, 1.165) is 13.0 Å². The number of allylic oxidation sites excluding steroid dienone is 1. The highest BCUT2D eigenvalue weighted by Crippen LogP contribution is 2.39. The smallest absolute Gasteiger partial charge is 0.277 e. The Morgan fingerprint density at radius 1 is 1.43 bits per heavy atom. The van der Waals surface area contributed by atoms with E-state index in [9.17, 15) is 14.9 Å². The van der Waals surface area contributed by atoms with Crippen LogP contribution in [-0.4, -0.2) is 36.0 Å². The number of methoxy groups -OCH3 is 1. The Bertz CT molecular complexity index is 640. The van der Waals surface area contributed by atoms with E-state index in [1.54, 1.807) is 31.4 Å². The van der Waals surface area contributed by atoms with E-state index >= 15 is 0 Å². The monoisotopic (exact) mass is 288 g/mol. The molecule has 0 spiro atoms. The van der Waals surface area contributed by atoms with Crippen molar-refractivity contribution in [2.75, 3.05) is 13.7 Å². The van der Waals surface area contributed by atoms with Gasteiger partial charge in [-0.2, -0.15) is 0 Å². The van der Waals surface area contributed by atoms with E-state index in [-0.39, 0.29) is 17.5 Å². The van der Waals surface area contributed by atoms with Crippen molar-refractivity contribution in [3.63, 3.8) is 0 Å². The van der Waals surface area contributed by atoms with E-state index in [1.165, 1.54) is 6.07 Å². The second-order valence-electron chi connectivity index (χ2n) is 5.38. The summed E-state index contributed by atoms with van der Waals surface area (Å²) in [4.78, 5) is 23.1. The Morgan fingerprint density at radius 3 is 2.90 bits per heavy atom. The average molecular weight is 288 g/mol. The lowest BCUT2D eigenvalue weighted by atomic mass is 9.79. The molecule has 0 amide bonds. The van der Waals surface area contributed by atoms with E-state index in [4.69, 9.17) is 4.74 Å². The lowest BCUT2D eigenvalue weighted by Gasteiger charge is -2.35.